The number of hydrogen-bond acceptors (Lipinski definition) is 4. The van der Waals surface area contributed by atoms with Crippen LogP contribution in [-0.2, 0) is 16.1 Å². The number of hydrogen-bond donors (Lipinski definition) is 1. The van der Waals surface area contributed by atoms with Crippen molar-refractivity contribution in [3.63, 3.8) is 0 Å². The van der Waals surface area contributed by atoms with Crippen LogP contribution < -0.4 is 14.8 Å². The highest BCUT2D eigenvalue weighted by Crippen LogP contribution is 2.26. The third-order valence-electron chi connectivity index (χ3n) is 3.03. The van der Waals surface area contributed by atoms with Gasteiger partial charge in [0, 0.05) is 12.8 Å². The number of carbonyl (C=O) groups excluding carboxylic acids is 1. The molecule has 0 atom stereocenters. The highest BCUT2D eigenvalue weighted by Gasteiger charge is 2.08. The molecule has 0 bridgehead atoms. The third kappa shape index (κ3) is 5.30. The molecule has 1 N–H and O–H groups in total. The van der Waals surface area contributed by atoms with Gasteiger partial charge in [0.15, 0.2) is 18.1 Å². The first-order chi connectivity index (χ1) is 11.2. The zero-order chi connectivity index (χ0) is 16.5. The molecule has 0 aromatic heterocycles. The number of methoxy groups -OCH3 is 1. The van der Waals surface area contributed by atoms with Crippen LogP contribution in [0.2, 0.25) is 0 Å². The second kappa shape index (κ2) is 8.80. The Morgan fingerprint density at radius 3 is 2.48 bits per heavy atom. The molecule has 2 aromatic carbocycles. The zero-order valence-electron chi connectivity index (χ0n) is 13.4. The second-order valence-electron chi connectivity index (χ2n) is 4.85. The second-order valence-corrected chi connectivity index (χ2v) is 4.85. The molecule has 122 valence electrons. The smallest absolute Gasteiger partial charge is 0.262 e. The number of amides is 1. The molecule has 2 rings (SSSR count). The first-order valence-electron chi connectivity index (χ1n) is 7.45. The fourth-order valence-corrected chi connectivity index (χ4v) is 2.09. The quantitative estimate of drug-likeness (QED) is 0.812. The van der Waals surface area contributed by atoms with E-state index in [-0.39, 0.29) is 12.5 Å². The summed E-state index contributed by atoms with van der Waals surface area (Å²) in [6.07, 6.45) is 0. The molecule has 0 spiro atoms. The molecule has 1 amide bonds. The largest absolute Gasteiger partial charge is 0.490 e. The van der Waals surface area contributed by atoms with Crippen LogP contribution in [0, 0.1) is 0 Å². The van der Waals surface area contributed by atoms with Crippen LogP contribution in [0.5, 0.6) is 11.5 Å². The van der Waals surface area contributed by atoms with Gasteiger partial charge in [-0.05, 0) is 36.8 Å². The van der Waals surface area contributed by atoms with Gasteiger partial charge in [-0.2, -0.15) is 0 Å². The van der Waals surface area contributed by atoms with Crippen molar-refractivity contribution in [2.75, 3.05) is 25.6 Å². The van der Waals surface area contributed by atoms with Crippen molar-refractivity contribution in [1.29, 1.82) is 0 Å². The molecule has 0 aliphatic heterocycles. The Bertz CT molecular complexity index is 642. The molecule has 2 aromatic rings. The van der Waals surface area contributed by atoms with Gasteiger partial charge in [-0.15, -0.1) is 0 Å². The van der Waals surface area contributed by atoms with Crippen molar-refractivity contribution < 1.29 is 19.0 Å². The Kier molecular flexibility index (Phi) is 6.44. The maximum absolute atomic E-state index is 12.0. The Balaban J connectivity index is 1.91. The molecule has 0 aliphatic carbocycles. The summed E-state index contributed by atoms with van der Waals surface area (Å²) in [7, 11) is 1.63. The van der Waals surface area contributed by atoms with Crippen molar-refractivity contribution in [1.82, 2.24) is 0 Å². The summed E-state index contributed by atoms with van der Waals surface area (Å²) in [5.74, 6) is 0.952. The molecule has 0 unspecified atom stereocenters. The summed E-state index contributed by atoms with van der Waals surface area (Å²) < 4.78 is 16.1. The van der Waals surface area contributed by atoms with E-state index in [4.69, 9.17) is 14.2 Å². The van der Waals surface area contributed by atoms with Gasteiger partial charge in [-0.25, -0.2) is 0 Å². The summed E-state index contributed by atoms with van der Waals surface area (Å²) in [6, 6.07) is 14.8. The molecule has 0 radical (unpaired) electrons. The number of rotatable bonds is 8. The van der Waals surface area contributed by atoms with Gasteiger partial charge in [0.1, 0.15) is 0 Å². The fraction of sp³-hybridized carbons (Fsp3) is 0.278. The first kappa shape index (κ1) is 16.8. The fourth-order valence-electron chi connectivity index (χ4n) is 2.09. The molecular formula is C18H21NO4. The van der Waals surface area contributed by atoms with Crippen LogP contribution in [0.15, 0.2) is 48.5 Å². The van der Waals surface area contributed by atoms with Crippen LogP contribution in [0.3, 0.4) is 0 Å². The molecule has 0 saturated carbocycles. The number of anilines is 1. The van der Waals surface area contributed by atoms with E-state index in [2.05, 4.69) is 5.32 Å². The molecule has 0 aliphatic rings. The zero-order valence-corrected chi connectivity index (χ0v) is 13.4. The summed E-state index contributed by atoms with van der Waals surface area (Å²) in [6.45, 7) is 2.86. The Morgan fingerprint density at radius 2 is 1.78 bits per heavy atom. The maximum atomic E-state index is 12.0. The van der Waals surface area contributed by atoms with Crippen LogP contribution in [0.4, 0.5) is 5.69 Å². The topological polar surface area (TPSA) is 56.8 Å². The third-order valence-corrected chi connectivity index (χ3v) is 3.03. The van der Waals surface area contributed by atoms with E-state index < -0.39 is 0 Å². The summed E-state index contributed by atoms with van der Waals surface area (Å²) >= 11 is 0. The lowest BCUT2D eigenvalue weighted by molar-refractivity contribution is -0.118. The normalized spacial score (nSPS) is 10.2. The van der Waals surface area contributed by atoms with Gasteiger partial charge < -0.3 is 19.5 Å². The maximum Gasteiger partial charge on any atom is 0.262 e. The number of para-hydroxylation sites is 2. The highest BCUT2D eigenvalue weighted by atomic mass is 16.5. The number of nitrogens with one attached hydrogen (secondary N) is 1. The Labute approximate surface area is 136 Å². The van der Waals surface area contributed by atoms with Crippen molar-refractivity contribution in [2.45, 2.75) is 13.5 Å². The number of benzene rings is 2. The molecule has 5 nitrogen and oxygen atoms in total. The average Bonchev–Trinajstić information content (AvgIpc) is 2.55. The van der Waals surface area contributed by atoms with E-state index in [0.29, 0.717) is 30.4 Å². The molecular weight excluding hydrogens is 294 g/mol. The number of ether oxygens (including phenoxy) is 3. The lowest BCUT2D eigenvalue weighted by atomic mass is 10.2. The minimum atomic E-state index is -0.231. The number of carbonyl (C=O) groups is 1. The lowest BCUT2D eigenvalue weighted by Crippen LogP contribution is -2.20. The van der Waals surface area contributed by atoms with Gasteiger partial charge in [0.2, 0.25) is 0 Å². The van der Waals surface area contributed by atoms with Gasteiger partial charge in [0.05, 0.1) is 13.2 Å². The highest BCUT2D eigenvalue weighted by molar-refractivity contribution is 5.91. The molecule has 23 heavy (non-hydrogen) atoms. The molecule has 5 heteroatoms. The van der Waals surface area contributed by atoms with Crippen molar-refractivity contribution >= 4 is 11.6 Å². The van der Waals surface area contributed by atoms with E-state index in [1.54, 1.807) is 13.2 Å². The van der Waals surface area contributed by atoms with Crippen molar-refractivity contribution in [3.05, 3.63) is 54.1 Å². The molecule has 0 heterocycles. The Morgan fingerprint density at radius 1 is 1.04 bits per heavy atom. The standard InChI is InChI=1S/C18H21NO4/c1-3-22-16-9-4-5-10-17(16)23-13-18(20)19-15-8-6-7-14(11-15)12-21-2/h4-11H,3,12-13H2,1-2H3,(H,19,20). The summed E-state index contributed by atoms with van der Waals surface area (Å²) in [4.78, 5) is 12.0. The first-order valence-corrected chi connectivity index (χ1v) is 7.45. The summed E-state index contributed by atoms with van der Waals surface area (Å²) in [5, 5.41) is 2.80. The minimum absolute atomic E-state index is 0.0847. The predicted molar refractivity (Wildman–Crippen MR) is 88.9 cm³/mol. The van der Waals surface area contributed by atoms with Crippen LogP contribution in [-0.4, -0.2) is 26.2 Å². The van der Waals surface area contributed by atoms with Gasteiger partial charge in [0.25, 0.3) is 5.91 Å². The van der Waals surface area contributed by atoms with Crippen molar-refractivity contribution in [2.24, 2.45) is 0 Å². The lowest BCUT2D eigenvalue weighted by Gasteiger charge is -2.12. The Hall–Kier alpha value is -2.53. The van der Waals surface area contributed by atoms with Crippen LogP contribution >= 0.6 is 0 Å². The summed E-state index contributed by atoms with van der Waals surface area (Å²) in [5.41, 5.74) is 1.71. The van der Waals surface area contributed by atoms with Gasteiger partial charge in [-0.1, -0.05) is 24.3 Å². The van der Waals surface area contributed by atoms with E-state index >= 15 is 0 Å². The molecule has 0 saturated heterocycles. The average molecular weight is 315 g/mol. The monoisotopic (exact) mass is 315 g/mol. The van der Waals surface area contributed by atoms with Crippen molar-refractivity contribution in [3.8, 4) is 11.5 Å². The predicted octanol–water partition coefficient (Wildman–Crippen LogP) is 3.25. The van der Waals surface area contributed by atoms with Gasteiger partial charge >= 0.3 is 0 Å². The van der Waals surface area contributed by atoms with E-state index in [1.165, 1.54) is 0 Å². The van der Waals surface area contributed by atoms with E-state index in [0.717, 1.165) is 5.56 Å². The molecule has 0 fully saturated rings. The minimum Gasteiger partial charge on any atom is -0.490 e. The van der Waals surface area contributed by atoms with Crippen LogP contribution in [0.1, 0.15) is 12.5 Å². The van der Waals surface area contributed by atoms with Gasteiger partial charge in [-0.3, -0.25) is 4.79 Å². The van der Waals surface area contributed by atoms with E-state index in [9.17, 15) is 4.79 Å². The van der Waals surface area contributed by atoms with E-state index in [1.807, 2.05) is 49.4 Å². The van der Waals surface area contributed by atoms with Crippen LogP contribution in [0.25, 0.3) is 0 Å². The SMILES string of the molecule is CCOc1ccccc1OCC(=O)Nc1cccc(COC)c1.